The minimum absolute atomic E-state index is 1.00. The molecule has 1 N–H and O–H groups in total. The van der Waals surface area contributed by atoms with Gasteiger partial charge in [0.1, 0.15) is 0 Å². The lowest BCUT2D eigenvalue weighted by Crippen LogP contribution is -1.72. The Hall–Kier alpha value is -0.0400. The Balaban J connectivity index is 0.000000291. The smallest absolute Gasteiger partial charge is 0.0319 e. The fraction of sp³-hybridized carbons (Fsp3) is 1.00. The van der Waals surface area contributed by atoms with Crippen molar-refractivity contribution in [1.29, 1.82) is 0 Å². The third-order valence-corrected chi connectivity index (χ3v) is 1.66. The van der Waals surface area contributed by atoms with Crippen molar-refractivity contribution >= 4 is 0 Å². The Morgan fingerprint density at radius 2 is 1.89 bits per heavy atom. The van der Waals surface area contributed by atoms with E-state index in [2.05, 4.69) is 6.92 Å². The third kappa shape index (κ3) is 5.84. The number of unbranched alkanes of at least 4 members (excludes halogenated alkanes) is 1. The molecule has 56 valence electrons. The molecule has 0 aromatic carbocycles. The molecule has 1 aliphatic rings. The molecule has 1 nitrogen and oxygen atoms in total. The zero-order chi connectivity index (χ0) is 7.11. The maximum atomic E-state index is 7.00. The second-order valence-corrected chi connectivity index (χ2v) is 2.59. The predicted octanol–water partition coefficient (Wildman–Crippen LogP) is 2.20. The standard InChI is InChI=1S/C7H14.CH4O/c1-2-3-4-7-5-6-7;1-2/h7H,2-6H2,1H3;2H,1H3. The number of aliphatic hydroxyl groups excluding tert-OH is 1. The van der Waals surface area contributed by atoms with E-state index >= 15 is 0 Å². The van der Waals surface area contributed by atoms with Gasteiger partial charge in [0.25, 0.3) is 0 Å². The average molecular weight is 130 g/mol. The van der Waals surface area contributed by atoms with Crippen LogP contribution in [0.15, 0.2) is 0 Å². The normalized spacial score (nSPS) is 16.3. The first-order chi connectivity index (χ1) is 4.43. The summed E-state index contributed by atoms with van der Waals surface area (Å²) in [5.41, 5.74) is 0. The van der Waals surface area contributed by atoms with Gasteiger partial charge in [0, 0.05) is 7.11 Å². The predicted molar refractivity (Wildman–Crippen MR) is 40.4 cm³/mol. The van der Waals surface area contributed by atoms with Crippen molar-refractivity contribution in [3.63, 3.8) is 0 Å². The van der Waals surface area contributed by atoms with Gasteiger partial charge in [0.05, 0.1) is 0 Å². The van der Waals surface area contributed by atoms with E-state index in [4.69, 9.17) is 5.11 Å². The van der Waals surface area contributed by atoms with Crippen molar-refractivity contribution in [3.05, 3.63) is 0 Å². The highest BCUT2D eigenvalue weighted by atomic mass is 16.2. The Bertz CT molecular complexity index is 48.5. The molecule has 0 atom stereocenters. The second kappa shape index (κ2) is 6.09. The Labute approximate surface area is 58.1 Å². The summed E-state index contributed by atoms with van der Waals surface area (Å²) in [6, 6.07) is 0. The number of aliphatic hydroxyl groups is 1. The zero-order valence-electron chi connectivity index (χ0n) is 6.56. The number of rotatable bonds is 3. The molecule has 0 spiro atoms. The molecule has 1 fully saturated rings. The Morgan fingerprint density at radius 1 is 1.33 bits per heavy atom. The summed E-state index contributed by atoms with van der Waals surface area (Å²) < 4.78 is 0. The quantitative estimate of drug-likeness (QED) is 0.621. The number of hydrogen-bond donors (Lipinski definition) is 1. The second-order valence-electron chi connectivity index (χ2n) is 2.59. The van der Waals surface area contributed by atoms with Crippen LogP contribution in [0.2, 0.25) is 0 Å². The van der Waals surface area contributed by atoms with Gasteiger partial charge in [-0.1, -0.05) is 39.0 Å². The van der Waals surface area contributed by atoms with Gasteiger partial charge in [-0.25, -0.2) is 0 Å². The van der Waals surface area contributed by atoms with E-state index in [1.165, 1.54) is 32.1 Å². The summed E-state index contributed by atoms with van der Waals surface area (Å²) in [5.74, 6) is 1.15. The molecule has 0 aromatic heterocycles. The van der Waals surface area contributed by atoms with E-state index in [0.717, 1.165) is 13.0 Å². The van der Waals surface area contributed by atoms with Crippen molar-refractivity contribution in [3.8, 4) is 0 Å². The number of hydrogen-bond acceptors (Lipinski definition) is 1. The highest BCUT2D eigenvalue weighted by Crippen LogP contribution is 2.33. The molecule has 9 heavy (non-hydrogen) atoms. The van der Waals surface area contributed by atoms with Crippen molar-refractivity contribution < 1.29 is 5.11 Å². The lowest BCUT2D eigenvalue weighted by molar-refractivity contribution is 0.399. The first-order valence-corrected chi connectivity index (χ1v) is 3.88. The fourth-order valence-corrected chi connectivity index (χ4v) is 0.899. The molecule has 1 aliphatic carbocycles. The molecule has 1 saturated carbocycles. The van der Waals surface area contributed by atoms with Gasteiger partial charge in [-0.05, 0) is 5.92 Å². The van der Waals surface area contributed by atoms with Crippen LogP contribution in [0.3, 0.4) is 0 Å². The summed E-state index contributed by atoms with van der Waals surface area (Å²) in [6.45, 7) is 2.27. The van der Waals surface area contributed by atoms with Crippen LogP contribution in [-0.2, 0) is 0 Å². The van der Waals surface area contributed by atoms with Gasteiger partial charge >= 0.3 is 0 Å². The molecule has 0 unspecified atom stereocenters. The van der Waals surface area contributed by atoms with Gasteiger partial charge in [-0.2, -0.15) is 0 Å². The van der Waals surface area contributed by atoms with E-state index in [9.17, 15) is 0 Å². The average Bonchev–Trinajstić information content (AvgIpc) is 2.71. The first-order valence-electron chi connectivity index (χ1n) is 3.88. The van der Waals surface area contributed by atoms with Crippen LogP contribution in [0.4, 0.5) is 0 Å². The fourth-order valence-electron chi connectivity index (χ4n) is 0.899. The van der Waals surface area contributed by atoms with Crippen LogP contribution in [0.1, 0.15) is 39.0 Å². The lowest BCUT2D eigenvalue weighted by Gasteiger charge is -1.88. The summed E-state index contributed by atoms with van der Waals surface area (Å²) in [4.78, 5) is 0. The highest BCUT2D eigenvalue weighted by Gasteiger charge is 2.19. The van der Waals surface area contributed by atoms with Crippen LogP contribution in [0.25, 0.3) is 0 Å². The zero-order valence-corrected chi connectivity index (χ0v) is 6.56. The molecule has 0 saturated heterocycles. The molecule has 1 rings (SSSR count). The van der Waals surface area contributed by atoms with E-state index in [1.807, 2.05) is 0 Å². The molecule has 0 bridgehead atoms. The van der Waals surface area contributed by atoms with Crippen molar-refractivity contribution in [1.82, 2.24) is 0 Å². The van der Waals surface area contributed by atoms with Crippen LogP contribution in [-0.4, -0.2) is 12.2 Å². The molecule has 1 heteroatoms. The largest absolute Gasteiger partial charge is 0.400 e. The SMILES string of the molecule is CCCCC1CC1.CO. The highest BCUT2D eigenvalue weighted by molar-refractivity contribution is 4.71. The molecule has 0 heterocycles. The summed E-state index contributed by atoms with van der Waals surface area (Å²) >= 11 is 0. The van der Waals surface area contributed by atoms with E-state index < -0.39 is 0 Å². The van der Waals surface area contributed by atoms with E-state index in [0.29, 0.717) is 0 Å². The first kappa shape index (κ1) is 8.96. The van der Waals surface area contributed by atoms with Gasteiger partial charge < -0.3 is 5.11 Å². The molecule has 0 aromatic rings. The Kier molecular flexibility index (Phi) is 6.06. The minimum Gasteiger partial charge on any atom is -0.400 e. The van der Waals surface area contributed by atoms with Crippen molar-refractivity contribution in [2.45, 2.75) is 39.0 Å². The minimum atomic E-state index is 1.00. The molecule has 0 amide bonds. The maximum absolute atomic E-state index is 7.00. The van der Waals surface area contributed by atoms with E-state index in [1.54, 1.807) is 0 Å². The van der Waals surface area contributed by atoms with Gasteiger partial charge in [0.2, 0.25) is 0 Å². The van der Waals surface area contributed by atoms with Crippen LogP contribution in [0.5, 0.6) is 0 Å². The summed E-state index contributed by atoms with van der Waals surface area (Å²) in [6.07, 6.45) is 7.41. The molecular formula is C8H18O. The van der Waals surface area contributed by atoms with Crippen molar-refractivity contribution in [2.75, 3.05) is 7.11 Å². The lowest BCUT2D eigenvalue weighted by atomic mass is 10.2. The van der Waals surface area contributed by atoms with Gasteiger partial charge in [-0.3, -0.25) is 0 Å². The van der Waals surface area contributed by atoms with Gasteiger partial charge in [-0.15, -0.1) is 0 Å². The Morgan fingerprint density at radius 3 is 2.22 bits per heavy atom. The molecule has 0 aliphatic heterocycles. The molecular weight excluding hydrogens is 112 g/mol. The molecule has 0 radical (unpaired) electrons. The van der Waals surface area contributed by atoms with E-state index in [-0.39, 0.29) is 0 Å². The van der Waals surface area contributed by atoms with Gasteiger partial charge in [0.15, 0.2) is 0 Å². The van der Waals surface area contributed by atoms with Crippen molar-refractivity contribution in [2.24, 2.45) is 5.92 Å². The van der Waals surface area contributed by atoms with Crippen LogP contribution in [0, 0.1) is 5.92 Å². The summed E-state index contributed by atoms with van der Waals surface area (Å²) in [7, 11) is 1.00. The maximum Gasteiger partial charge on any atom is 0.0319 e. The van der Waals surface area contributed by atoms with Crippen LogP contribution >= 0.6 is 0 Å². The third-order valence-electron chi connectivity index (χ3n) is 1.66. The topological polar surface area (TPSA) is 20.2 Å². The summed E-state index contributed by atoms with van der Waals surface area (Å²) in [5, 5.41) is 7.00. The van der Waals surface area contributed by atoms with Crippen LogP contribution < -0.4 is 0 Å². The monoisotopic (exact) mass is 130 g/mol.